The zero-order chi connectivity index (χ0) is 73.2. The van der Waals surface area contributed by atoms with E-state index < -0.39 is 229 Å². The van der Waals surface area contributed by atoms with E-state index in [9.17, 15) is 107 Å². The first-order valence-corrected chi connectivity index (χ1v) is 39.4. The standard InChI is InChI=1S/C48H34Cl4N14O26P2S6/c49-35-36-30(91-38-22(57-36)7-8-24(40(38)99(85,86)87)56-25-14-32(96(76,77)78)26(15-31(25)95(73,74)75)58-46-62-42(50)60-44(64-46)53-18-3-1-5-20(11-18)93(67,68)69)13-29-37(35)92-39-23(55-29)9-10-48(52,41(39)100(88,89)90)66-28-17-33(97(79,80)81)27(16-34(28)98(82,83)84)59-47-63-43(51)61-45(65-47)54-19-4-2-6-21(12-19)94(70,71)72/h1-17,56-57,66H,(H2,67,68,69)(H2,70,71,72)(H,73,74,75)(H,76,77,78)(H,79,80,81)(H,82,83,84)(H,85,86,87)(H,88,89,90)(H2,53,58,60,62,64)(H2,54,59,61,63,65). The molecule has 52 heteroatoms. The van der Waals surface area contributed by atoms with Gasteiger partial charge in [-0.2, -0.15) is 80.4 Å². The summed E-state index contributed by atoms with van der Waals surface area (Å²) >= 11 is 25.9. The SMILES string of the molecule is O=P(O)(O)c1cccc(Nc2nc(Cl)nc(Nc3cc(S(=O)(=O)O)c(Nc4ccc5c(c4S(=O)(=O)O)Oc4cc6c(c(Cl)c4N5)OC4=C(S(=O)(=O)O)C(Cl)(Nc5cc(S(=O)(=O)O)c(Nc7nc(Cl)nc(Nc8cccc(P(=O)(O)O)c8)n7)cc5S(=O)(=O)O)C=CC4=N6)cc3S(=O)(=O)O)n2)c1. The number of benzene rings is 6. The maximum atomic E-state index is 13.5. The van der Waals surface area contributed by atoms with E-state index in [1.165, 1.54) is 24.3 Å². The quantitative estimate of drug-likeness (QED) is 0.0165. The number of hydrogen-bond acceptors (Lipinski definition) is 30. The van der Waals surface area contributed by atoms with Gasteiger partial charge in [-0.05, 0) is 108 Å². The van der Waals surface area contributed by atoms with Gasteiger partial charge in [-0.15, -0.1) is 0 Å². The second-order valence-corrected chi connectivity index (χ2v) is 33.4. The molecule has 2 aromatic heterocycles. The van der Waals surface area contributed by atoms with E-state index in [1.807, 2.05) is 0 Å². The number of nitrogens with one attached hydrogen (secondary N) is 7. The van der Waals surface area contributed by atoms with Gasteiger partial charge in [0, 0.05) is 17.4 Å². The summed E-state index contributed by atoms with van der Waals surface area (Å²) in [5.41, 5.74) is -6.71. The molecule has 0 fully saturated rings. The van der Waals surface area contributed by atoms with Crippen LogP contribution in [0.3, 0.4) is 0 Å². The molecule has 0 radical (unpaired) electrons. The average molecular weight is 1620 g/mol. The highest BCUT2D eigenvalue weighted by atomic mass is 35.5. The topological polar surface area (TPSA) is 634 Å². The summed E-state index contributed by atoms with van der Waals surface area (Å²) in [6, 6.07) is 13.6. The Balaban J connectivity index is 0.917. The fourth-order valence-electron chi connectivity index (χ4n) is 9.44. The van der Waals surface area contributed by atoms with Crippen molar-refractivity contribution >= 4 is 219 Å². The third kappa shape index (κ3) is 15.4. The van der Waals surface area contributed by atoms with E-state index in [0.717, 1.165) is 48.5 Å². The number of ether oxygens (including phenoxy) is 2. The highest BCUT2D eigenvalue weighted by Gasteiger charge is 2.48. The van der Waals surface area contributed by atoms with Crippen molar-refractivity contribution in [2.75, 3.05) is 37.2 Å². The molecule has 4 heterocycles. The van der Waals surface area contributed by atoms with Crippen LogP contribution in [0.25, 0.3) is 0 Å². The monoisotopic (exact) mass is 1620 g/mol. The molecule has 1 atom stereocenters. The normalized spacial score (nSPS) is 15.5. The van der Waals surface area contributed by atoms with Crippen LogP contribution in [0, 0.1) is 0 Å². The Hall–Kier alpha value is -8.39. The molecule has 2 aliphatic heterocycles. The summed E-state index contributed by atoms with van der Waals surface area (Å²) in [4.78, 5) is 54.9. The molecule has 17 N–H and O–H groups in total. The van der Waals surface area contributed by atoms with Gasteiger partial charge in [0.05, 0.1) is 44.7 Å². The summed E-state index contributed by atoms with van der Waals surface area (Å²) < 4.78 is 258. The second kappa shape index (κ2) is 25.6. The number of fused-ring (bicyclic) bond motifs is 4. The number of anilines is 13. The first-order valence-electron chi connectivity index (χ1n) is 26.0. The van der Waals surface area contributed by atoms with Gasteiger partial charge in [0.2, 0.25) is 34.4 Å². The van der Waals surface area contributed by atoms with Crippen LogP contribution < -0.4 is 57.3 Å². The Morgan fingerprint density at radius 3 is 1.36 bits per heavy atom. The van der Waals surface area contributed by atoms with E-state index in [-0.39, 0.29) is 17.1 Å². The third-order valence-electron chi connectivity index (χ3n) is 13.4. The minimum absolute atomic E-state index is 0.0197. The van der Waals surface area contributed by atoms with Gasteiger partial charge < -0.3 is 66.3 Å². The van der Waals surface area contributed by atoms with E-state index >= 15 is 0 Å². The van der Waals surface area contributed by atoms with Crippen LogP contribution in [0.15, 0.2) is 143 Å². The van der Waals surface area contributed by atoms with E-state index in [4.69, 9.17) is 55.9 Å². The van der Waals surface area contributed by atoms with E-state index in [0.29, 0.717) is 30.3 Å². The van der Waals surface area contributed by atoms with Crippen LogP contribution in [-0.2, 0) is 69.8 Å². The van der Waals surface area contributed by atoms with Gasteiger partial charge in [0.1, 0.15) is 41.7 Å². The maximum absolute atomic E-state index is 13.5. The van der Waals surface area contributed by atoms with E-state index in [2.05, 4.69) is 72.1 Å². The average Bonchev–Trinajstić information content (AvgIpc) is 0.725. The summed E-state index contributed by atoms with van der Waals surface area (Å²) in [5.74, 6) is -5.31. The van der Waals surface area contributed by atoms with Crippen molar-refractivity contribution in [1.29, 1.82) is 0 Å². The first-order chi connectivity index (χ1) is 46.1. The minimum atomic E-state index is -5.81. The van der Waals surface area contributed by atoms with Crippen molar-refractivity contribution in [3.8, 4) is 17.2 Å². The summed E-state index contributed by atoms with van der Waals surface area (Å²) in [6.07, 6.45) is 1.56. The lowest BCUT2D eigenvalue weighted by atomic mass is 10.0. The lowest BCUT2D eigenvalue weighted by molar-refractivity contribution is 0.385. The van der Waals surface area contributed by atoms with Gasteiger partial charge in [0.15, 0.2) is 37.8 Å². The number of rotatable bonds is 20. The van der Waals surface area contributed by atoms with Gasteiger partial charge in [0.25, 0.3) is 60.7 Å². The van der Waals surface area contributed by atoms with Gasteiger partial charge in [-0.3, -0.25) is 36.4 Å². The first kappa shape index (κ1) is 72.8. The number of aliphatic imine (C=N–C) groups is 1. The van der Waals surface area contributed by atoms with Crippen LogP contribution in [0.2, 0.25) is 15.6 Å². The molecular weight excluding hydrogens is 1580 g/mol. The summed E-state index contributed by atoms with van der Waals surface area (Å²) in [6.45, 7) is 0. The van der Waals surface area contributed by atoms with Gasteiger partial charge in [-0.1, -0.05) is 35.3 Å². The number of alkyl halides is 1. The molecule has 40 nitrogen and oxygen atoms in total. The molecule has 0 saturated carbocycles. The molecule has 1 aliphatic carbocycles. The van der Waals surface area contributed by atoms with Crippen LogP contribution in [-0.4, -0.2) is 138 Å². The minimum Gasteiger partial charge on any atom is -0.451 e. The molecule has 8 aromatic rings. The number of allylic oxidation sites excluding steroid dienone is 1. The molecule has 1 unspecified atom stereocenters. The fourth-order valence-corrected chi connectivity index (χ4v) is 16.0. The summed E-state index contributed by atoms with van der Waals surface area (Å²) in [7, 11) is -43.3. The third-order valence-corrected chi connectivity index (χ3v) is 22.0. The van der Waals surface area contributed by atoms with Crippen LogP contribution >= 0.6 is 61.6 Å². The van der Waals surface area contributed by atoms with Gasteiger partial charge in [-0.25, -0.2) is 4.99 Å². The van der Waals surface area contributed by atoms with Crippen molar-refractivity contribution in [2.24, 2.45) is 4.99 Å². The second-order valence-electron chi connectivity index (χ2n) is 20.2. The smallest absolute Gasteiger partial charge is 0.356 e. The molecular formula is C48H34Cl4N14O26P2S6. The highest BCUT2D eigenvalue weighted by molar-refractivity contribution is 7.90. The maximum Gasteiger partial charge on any atom is 0.356 e. The Morgan fingerprint density at radius 1 is 0.480 bits per heavy atom. The fraction of sp³-hybridized carbons (Fsp3) is 0.0208. The van der Waals surface area contributed by atoms with Crippen LogP contribution in [0.5, 0.6) is 17.2 Å². The van der Waals surface area contributed by atoms with Crippen molar-refractivity contribution in [2.45, 2.75) is 29.5 Å². The van der Waals surface area contributed by atoms with Crippen molar-refractivity contribution in [3.63, 3.8) is 0 Å². The molecule has 6 aromatic carbocycles. The van der Waals surface area contributed by atoms with E-state index in [1.54, 1.807) is 0 Å². The molecule has 526 valence electrons. The number of aromatic nitrogens is 6. The number of halogens is 4. The number of hydrogen-bond donors (Lipinski definition) is 17. The Labute approximate surface area is 579 Å². The lowest BCUT2D eigenvalue weighted by Crippen LogP contribution is -2.41. The predicted molar refractivity (Wildman–Crippen MR) is 353 cm³/mol. The largest absolute Gasteiger partial charge is 0.451 e. The summed E-state index contributed by atoms with van der Waals surface area (Å²) in [5, 5.41) is 14.1. The highest BCUT2D eigenvalue weighted by Crippen LogP contribution is 2.57. The molecule has 0 amide bonds. The molecule has 0 spiro atoms. The zero-order valence-corrected chi connectivity index (χ0v) is 57.5. The molecule has 0 bridgehead atoms. The Morgan fingerprint density at radius 2 is 0.920 bits per heavy atom. The van der Waals surface area contributed by atoms with Crippen molar-refractivity contribution < 1.29 is 116 Å². The molecule has 100 heavy (non-hydrogen) atoms. The van der Waals surface area contributed by atoms with Crippen LogP contribution in [0.4, 0.5) is 80.7 Å². The zero-order valence-electron chi connectivity index (χ0n) is 47.8. The Bertz CT molecular complexity index is 5880. The predicted octanol–water partition coefficient (Wildman–Crippen LogP) is 6.60. The Kier molecular flexibility index (Phi) is 18.6. The van der Waals surface area contributed by atoms with Crippen molar-refractivity contribution in [3.05, 3.63) is 129 Å². The molecule has 11 rings (SSSR count). The van der Waals surface area contributed by atoms with Crippen molar-refractivity contribution in [1.82, 2.24) is 29.9 Å². The van der Waals surface area contributed by atoms with Gasteiger partial charge >= 0.3 is 15.2 Å². The van der Waals surface area contributed by atoms with Crippen LogP contribution in [0.1, 0.15) is 0 Å². The lowest BCUT2D eigenvalue weighted by Gasteiger charge is -2.34. The molecule has 0 saturated heterocycles. The molecule has 3 aliphatic rings. The number of nitrogens with zero attached hydrogens (tertiary/aromatic N) is 7.